The van der Waals surface area contributed by atoms with Crippen LogP contribution in [0.25, 0.3) is 6.08 Å². The van der Waals surface area contributed by atoms with Crippen LogP contribution in [-0.4, -0.2) is 85.0 Å². The Hall–Kier alpha value is -3.23. The lowest BCUT2D eigenvalue weighted by molar-refractivity contribution is -0.137. The Kier molecular flexibility index (Phi) is 11.1. The van der Waals surface area contributed by atoms with E-state index >= 15 is 0 Å². The van der Waals surface area contributed by atoms with Gasteiger partial charge in [-0.25, -0.2) is 9.79 Å². The van der Waals surface area contributed by atoms with Gasteiger partial charge in [-0.15, -0.1) is 0 Å². The van der Waals surface area contributed by atoms with Crippen molar-refractivity contribution in [1.82, 2.24) is 15.1 Å². The zero-order valence-electron chi connectivity index (χ0n) is 19.4. The molecule has 1 atom stereocenters. The van der Waals surface area contributed by atoms with Crippen LogP contribution >= 0.6 is 0 Å². The third-order valence-electron chi connectivity index (χ3n) is 5.20. The molecule has 0 aromatic heterocycles. The Bertz CT molecular complexity index is 872. The van der Waals surface area contributed by atoms with Crippen LogP contribution in [0.4, 0.5) is 0 Å². The van der Waals surface area contributed by atoms with Gasteiger partial charge < -0.3 is 20.1 Å². The summed E-state index contributed by atoms with van der Waals surface area (Å²) in [4.78, 5) is 33.1. The quantitative estimate of drug-likeness (QED) is 0.301. The first kappa shape index (κ1) is 26.0. The van der Waals surface area contributed by atoms with E-state index in [1.54, 1.807) is 19.9 Å². The van der Waals surface area contributed by atoms with Crippen molar-refractivity contribution in [1.29, 1.82) is 0 Å². The molecule has 1 aromatic carbocycles. The normalized spacial score (nSPS) is 16.2. The van der Waals surface area contributed by atoms with E-state index in [0.29, 0.717) is 44.2 Å². The Balaban J connectivity index is 2.01. The zero-order valence-corrected chi connectivity index (χ0v) is 19.4. The van der Waals surface area contributed by atoms with Crippen LogP contribution in [-0.2, 0) is 14.3 Å². The highest BCUT2D eigenvalue weighted by Crippen LogP contribution is 2.14. The lowest BCUT2D eigenvalue weighted by Crippen LogP contribution is -2.54. The van der Waals surface area contributed by atoms with Crippen molar-refractivity contribution in [3.05, 3.63) is 66.0 Å². The van der Waals surface area contributed by atoms with E-state index in [4.69, 9.17) is 9.84 Å². The van der Waals surface area contributed by atoms with Crippen LogP contribution in [0, 0.1) is 0 Å². The molecule has 33 heavy (non-hydrogen) atoms. The molecule has 1 heterocycles. The van der Waals surface area contributed by atoms with Crippen molar-refractivity contribution in [3.8, 4) is 0 Å². The SMILES string of the molecule is C=C(/N=C\C(=C/C)C(=O)OCC)N1CCN(C(/C=C/c2ccccc2)C(=O)NCCO)CC1. The van der Waals surface area contributed by atoms with Crippen LogP contribution in [0.5, 0.6) is 0 Å². The summed E-state index contributed by atoms with van der Waals surface area (Å²) in [6.07, 6.45) is 6.96. The molecule has 8 heteroatoms. The van der Waals surface area contributed by atoms with Crippen molar-refractivity contribution in [2.24, 2.45) is 4.99 Å². The number of nitrogens with one attached hydrogen (secondary N) is 1. The Labute approximate surface area is 195 Å². The molecule has 2 N–H and O–H groups in total. The molecule has 0 spiro atoms. The van der Waals surface area contributed by atoms with Gasteiger partial charge in [-0.2, -0.15) is 0 Å². The number of esters is 1. The molecular weight excluding hydrogens is 420 g/mol. The first-order valence-electron chi connectivity index (χ1n) is 11.2. The number of nitrogens with zero attached hydrogens (tertiary/aromatic N) is 3. The maximum Gasteiger partial charge on any atom is 0.339 e. The van der Waals surface area contributed by atoms with E-state index in [-0.39, 0.29) is 19.1 Å². The van der Waals surface area contributed by atoms with Crippen molar-refractivity contribution in [2.75, 3.05) is 45.9 Å². The number of ether oxygens (including phenoxy) is 1. The molecular formula is C25H34N4O4. The van der Waals surface area contributed by atoms with E-state index in [1.807, 2.05) is 47.4 Å². The number of rotatable bonds is 11. The van der Waals surface area contributed by atoms with Crippen LogP contribution in [0.1, 0.15) is 19.4 Å². The second-order valence-electron chi connectivity index (χ2n) is 7.39. The van der Waals surface area contributed by atoms with Gasteiger partial charge in [-0.1, -0.05) is 55.1 Å². The minimum absolute atomic E-state index is 0.105. The zero-order chi connectivity index (χ0) is 24.1. The molecule has 1 aliphatic rings. The minimum Gasteiger partial charge on any atom is -0.462 e. The maximum atomic E-state index is 12.7. The number of carbonyl (C=O) groups excluding carboxylic acids is 2. The summed E-state index contributed by atoms with van der Waals surface area (Å²) in [5.74, 6) is -0.00333. The number of piperazine rings is 1. The summed E-state index contributed by atoms with van der Waals surface area (Å²) in [6, 6.07) is 9.36. The Morgan fingerprint density at radius 3 is 2.55 bits per heavy atom. The fraction of sp³-hybridized carbons (Fsp3) is 0.400. The molecule has 0 aliphatic carbocycles. The number of hydrogen-bond acceptors (Lipinski definition) is 7. The molecule has 0 bridgehead atoms. The van der Waals surface area contributed by atoms with Gasteiger partial charge in [-0.3, -0.25) is 9.69 Å². The van der Waals surface area contributed by atoms with E-state index in [9.17, 15) is 9.59 Å². The van der Waals surface area contributed by atoms with Crippen LogP contribution in [0.3, 0.4) is 0 Å². The van der Waals surface area contributed by atoms with Gasteiger partial charge >= 0.3 is 5.97 Å². The number of aliphatic hydroxyl groups excluding tert-OH is 1. The topological polar surface area (TPSA) is 94.5 Å². The largest absolute Gasteiger partial charge is 0.462 e. The molecule has 1 saturated heterocycles. The van der Waals surface area contributed by atoms with Gasteiger partial charge in [0.25, 0.3) is 0 Å². The Morgan fingerprint density at radius 1 is 1.24 bits per heavy atom. The monoisotopic (exact) mass is 454 g/mol. The number of aliphatic hydroxyl groups is 1. The van der Waals surface area contributed by atoms with Gasteiger partial charge in [0, 0.05) is 38.9 Å². The van der Waals surface area contributed by atoms with Gasteiger partial charge in [0.05, 0.1) is 18.8 Å². The fourth-order valence-corrected chi connectivity index (χ4v) is 3.37. The summed E-state index contributed by atoms with van der Waals surface area (Å²) >= 11 is 0. The van der Waals surface area contributed by atoms with Gasteiger partial charge in [0.1, 0.15) is 11.9 Å². The number of amides is 1. The van der Waals surface area contributed by atoms with Crippen molar-refractivity contribution < 1.29 is 19.4 Å². The highest BCUT2D eigenvalue weighted by atomic mass is 16.5. The van der Waals surface area contributed by atoms with E-state index in [0.717, 1.165) is 5.56 Å². The van der Waals surface area contributed by atoms with Crippen LogP contribution < -0.4 is 5.32 Å². The van der Waals surface area contributed by atoms with Crippen molar-refractivity contribution in [3.63, 3.8) is 0 Å². The summed E-state index contributed by atoms with van der Waals surface area (Å²) in [5, 5.41) is 11.8. The summed E-state index contributed by atoms with van der Waals surface area (Å²) < 4.78 is 5.01. The minimum atomic E-state index is -0.450. The second-order valence-corrected chi connectivity index (χ2v) is 7.39. The first-order valence-corrected chi connectivity index (χ1v) is 11.2. The molecule has 1 unspecified atom stereocenters. The average Bonchev–Trinajstić information content (AvgIpc) is 2.84. The van der Waals surface area contributed by atoms with Crippen molar-refractivity contribution in [2.45, 2.75) is 19.9 Å². The van der Waals surface area contributed by atoms with Gasteiger partial charge in [0.2, 0.25) is 5.91 Å². The highest BCUT2D eigenvalue weighted by Gasteiger charge is 2.27. The molecule has 1 fully saturated rings. The summed E-state index contributed by atoms with van der Waals surface area (Å²) in [5.41, 5.74) is 1.39. The summed E-state index contributed by atoms with van der Waals surface area (Å²) in [7, 11) is 0. The maximum absolute atomic E-state index is 12.7. The van der Waals surface area contributed by atoms with Gasteiger partial charge in [-0.05, 0) is 19.4 Å². The molecule has 178 valence electrons. The molecule has 1 amide bonds. The fourth-order valence-electron chi connectivity index (χ4n) is 3.37. The predicted molar refractivity (Wildman–Crippen MR) is 131 cm³/mol. The summed E-state index contributed by atoms with van der Waals surface area (Å²) in [6.45, 7) is 10.5. The molecule has 0 radical (unpaired) electrons. The van der Waals surface area contributed by atoms with E-state index in [2.05, 4.69) is 21.8 Å². The first-order chi connectivity index (χ1) is 16.0. The number of allylic oxidation sites excluding steroid dienone is 1. The third-order valence-corrected chi connectivity index (χ3v) is 5.20. The molecule has 2 rings (SSSR count). The Morgan fingerprint density at radius 2 is 1.94 bits per heavy atom. The standard InChI is InChI=1S/C25H34N4O4/c1-4-22(25(32)33-5-2)19-27-20(3)28-14-16-29(17-15-28)23(24(31)26-13-18-30)12-11-21-9-7-6-8-10-21/h4,6-12,19,23,30H,3,5,13-18H2,1-2H3,(H,26,31)/b12-11+,22-4+,27-19-. The van der Waals surface area contributed by atoms with E-state index < -0.39 is 12.0 Å². The second kappa shape index (κ2) is 14.0. The van der Waals surface area contributed by atoms with Gasteiger partial charge in [0.15, 0.2) is 0 Å². The van der Waals surface area contributed by atoms with E-state index in [1.165, 1.54) is 6.21 Å². The molecule has 1 aromatic rings. The number of aliphatic imine (C=N–C) groups is 1. The molecule has 8 nitrogen and oxygen atoms in total. The molecule has 0 saturated carbocycles. The average molecular weight is 455 g/mol. The lowest BCUT2D eigenvalue weighted by Gasteiger charge is -2.38. The number of hydrogen-bond donors (Lipinski definition) is 2. The smallest absolute Gasteiger partial charge is 0.339 e. The van der Waals surface area contributed by atoms with Crippen LogP contribution in [0.15, 0.2) is 65.4 Å². The predicted octanol–water partition coefficient (Wildman–Crippen LogP) is 1.85. The van der Waals surface area contributed by atoms with Crippen molar-refractivity contribution >= 4 is 24.2 Å². The lowest BCUT2D eigenvalue weighted by atomic mass is 10.1. The molecule has 1 aliphatic heterocycles. The highest BCUT2D eigenvalue weighted by molar-refractivity contribution is 6.09. The third kappa shape index (κ3) is 8.32. The number of benzene rings is 1. The van der Waals surface area contributed by atoms with Crippen LogP contribution in [0.2, 0.25) is 0 Å². The number of carbonyl (C=O) groups is 2.